The van der Waals surface area contributed by atoms with Gasteiger partial charge in [0.25, 0.3) is 0 Å². The SMILES string of the molecule is CC1CCCCC1Nc1c(C(=N)N)cnn2nncc12. The van der Waals surface area contributed by atoms with E-state index < -0.39 is 0 Å². The first kappa shape index (κ1) is 12.8. The van der Waals surface area contributed by atoms with Crippen molar-refractivity contribution in [3.05, 3.63) is 18.0 Å². The van der Waals surface area contributed by atoms with Crippen LogP contribution < -0.4 is 11.1 Å². The molecule has 0 aromatic carbocycles. The second-order valence-electron chi connectivity index (χ2n) is 5.47. The van der Waals surface area contributed by atoms with Crippen LogP contribution in [0.15, 0.2) is 12.4 Å². The van der Waals surface area contributed by atoms with E-state index in [1.807, 2.05) is 0 Å². The molecule has 2 unspecified atom stereocenters. The number of fused-ring (bicyclic) bond motifs is 1. The zero-order chi connectivity index (χ0) is 14.1. The number of amidine groups is 1. The molecule has 1 saturated carbocycles. The van der Waals surface area contributed by atoms with Crippen molar-refractivity contribution in [2.24, 2.45) is 11.7 Å². The van der Waals surface area contributed by atoms with E-state index in [1.54, 1.807) is 12.4 Å². The van der Waals surface area contributed by atoms with Gasteiger partial charge in [0.05, 0.1) is 23.6 Å². The maximum absolute atomic E-state index is 7.72. The van der Waals surface area contributed by atoms with E-state index >= 15 is 0 Å². The number of anilines is 1. The van der Waals surface area contributed by atoms with E-state index in [4.69, 9.17) is 11.1 Å². The van der Waals surface area contributed by atoms with Crippen molar-refractivity contribution in [1.82, 2.24) is 20.0 Å². The van der Waals surface area contributed by atoms with Gasteiger partial charge in [-0.05, 0) is 24.0 Å². The topological polar surface area (TPSA) is 105 Å². The summed E-state index contributed by atoms with van der Waals surface area (Å²) in [6.45, 7) is 2.26. The van der Waals surface area contributed by atoms with Crippen molar-refractivity contribution in [2.45, 2.75) is 38.6 Å². The number of aromatic nitrogens is 4. The van der Waals surface area contributed by atoms with Crippen LogP contribution >= 0.6 is 0 Å². The molecule has 4 N–H and O–H groups in total. The van der Waals surface area contributed by atoms with Crippen LogP contribution in [0.5, 0.6) is 0 Å². The molecule has 3 rings (SSSR count). The molecule has 0 saturated heterocycles. The lowest BCUT2D eigenvalue weighted by atomic mass is 9.85. The van der Waals surface area contributed by atoms with Crippen molar-refractivity contribution in [1.29, 1.82) is 5.41 Å². The molecule has 7 nitrogen and oxygen atoms in total. The standard InChI is InChI=1S/C13H19N7/c1-8-4-2-3-5-10(8)18-12-9(13(14)15)6-17-20-11(12)7-16-19-20/h6-8,10,18H,2-5H2,1H3,(H3,14,15). The Kier molecular flexibility index (Phi) is 3.25. The lowest BCUT2D eigenvalue weighted by Crippen LogP contribution is -2.31. The zero-order valence-corrected chi connectivity index (χ0v) is 11.5. The van der Waals surface area contributed by atoms with Gasteiger partial charge in [-0.15, -0.1) is 9.73 Å². The van der Waals surface area contributed by atoms with Crippen LogP contribution in [0.1, 0.15) is 38.2 Å². The number of hydrogen-bond acceptors (Lipinski definition) is 5. The van der Waals surface area contributed by atoms with Crippen molar-refractivity contribution >= 4 is 17.0 Å². The van der Waals surface area contributed by atoms with Crippen LogP contribution in [0.25, 0.3) is 5.52 Å². The normalized spacial score (nSPS) is 22.9. The number of rotatable bonds is 3. The van der Waals surface area contributed by atoms with Crippen LogP contribution in [0.4, 0.5) is 5.69 Å². The summed E-state index contributed by atoms with van der Waals surface area (Å²) in [5.74, 6) is 0.611. The predicted molar refractivity (Wildman–Crippen MR) is 76.8 cm³/mol. The van der Waals surface area contributed by atoms with E-state index in [0.29, 0.717) is 17.5 Å². The summed E-state index contributed by atoms with van der Waals surface area (Å²) in [6.07, 6.45) is 8.10. The minimum absolute atomic E-state index is 0.00663. The molecule has 1 aliphatic rings. The van der Waals surface area contributed by atoms with Gasteiger partial charge in [0.15, 0.2) is 0 Å². The number of nitrogen functional groups attached to an aromatic ring is 1. The van der Waals surface area contributed by atoms with Gasteiger partial charge in [0.1, 0.15) is 11.4 Å². The first-order valence-corrected chi connectivity index (χ1v) is 6.97. The van der Waals surface area contributed by atoms with Gasteiger partial charge in [-0.3, -0.25) is 5.41 Å². The smallest absolute Gasteiger partial charge is 0.131 e. The summed E-state index contributed by atoms with van der Waals surface area (Å²) in [5.41, 5.74) is 7.85. The van der Waals surface area contributed by atoms with Crippen LogP contribution in [-0.4, -0.2) is 31.9 Å². The summed E-state index contributed by atoms with van der Waals surface area (Å²) in [5, 5.41) is 23.2. The molecule has 0 spiro atoms. The zero-order valence-electron chi connectivity index (χ0n) is 11.5. The molecule has 0 bridgehead atoms. The Labute approximate surface area is 117 Å². The highest BCUT2D eigenvalue weighted by Gasteiger charge is 2.23. The predicted octanol–water partition coefficient (Wildman–Crippen LogP) is 1.40. The third kappa shape index (κ3) is 2.19. The molecular weight excluding hydrogens is 254 g/mol. The van der Waals surface area contributed by atoms with E-state index in [1.165, 1.54) is 23.9 Å². The van der Waals surface area contributed by atoms with Gasteiger partial charge in [-0.2, -0.15) is 5.10 Å². The summed E-state index contributed by atoms with van der Waals surface area (Å²) in [6, 6.07) is 0.392. The van der Waals surface area contributed by atoms with Gasteiger partial charge in [-0.25, -0.2) is 0 Å². The monoisotopic (exact) mass is 273 g/mol. The Balaban J connectivity index is 2.01. The van der Waals surface area contributed by atoms with Gasteiger partial charge < -0.3 is 11.1 Å². The van der Waals surface area contributed by atoms with E-state index in [2.05, 4.69) is 27.7 Å². The molecule has 0 radical (unpaired) electrons. The molecular formula is C13H19N7. The van der Waals surface area contributed by atoms with Gasteiger partial charge in [0, 0.05) is 6.04 Å². The first-order valence-electron chi connectivity index (χ1n) is 6.97. The van der Waals surface area contributed by atoms with Gasteiger partial charge in [0.2, 0.25) is 0 Å². The molecule has 2 aromatic rings. The minimum atomic E-state index is 0.00663. The van der Waals surface area contributed by atoms with Crippen molar-refractivity contribution in [3.63, 3.8) is 0 Å². The maximum atomic E-state index is 7.72. The second-order valence-corrected chi connectivity index (χ2v) is 5.47. The molecule has 2 aromatic heterocycles. The van der Waals surface area contributed by atoms with Crippen LogP contribution in [0.2, 0.25) is 0 Å². The lowest BCUT2D eigenvalue weighted by Gasteiger charge is -2.31. The number of nitrogens with one attached hydrogen (secondary N) is 2. The number of hydrogen-bond donors (Lipinski definition) is 3. The summed E-state index contributed by atoms with van der Waals surface area (Å²) in [4.78, 5) is 0. The van der Waals surface area contributed by atoms with Crippen molar-refractivity contribution in [2.75, 3.05) is 5.32 Å². The molecule has 20 heavy (non-hydrogen) atoms. The summed E-state index contributed by atoms with van der Waals surface area (Å²) in [7, 11) is 0. The summed E-state index contributed by atoms with van der Waals surface area (Å²) < 4.78 is 1.46. The Morgan fingerprint density at radius 3 is 2.95 bits per heavy atom. The largest absolute Gasteiger partial charge is 0.384 e. The number of nitrogens with two attached hydrogens (primary N) is 1. The fourth-order valence-electron chi connectivity index (χ4n) is 2.87. The van der Waals surface area contributed by atoms with Gasteiger partial charge >= 0.3 is 0 Å². The third-order valence-corrected chi connectivity index (χ3v) is 4.08. The Hall–Kier alpha value is -2.18. The molecule has 0 amide bonds. The maximum Gasteiger partial charge on any atom is 0.131 e. The molecule has 7 heteroatoms. The van der Waals surface area contributed by atoms with Crippen LogP contribution in [0.3, 0.4) is 0 Å². The molecule has 2 heterocycles. The van der Waals surface area contributed by atoms with E-state index in [0.717, 1.165) is 17.6 Å². The Morgan fingerprint density at radius 1 is 1.40 bits per heavy atom. The molecule has 1 fully saturated rings. The third-order valence-electron chi connectivity index (χ3n) is 4.08. The first-order chi connectivity index (χ1) is 9.66. The van der Waals surface area contributed by atoms with Crippen LogP contribution in [0, 0.1) is 11.3 Å². The second kappa shape index (κ2) is 5.07. The summed E-state index contributed by atoms with van der Waals surface area (Å²) >= 11 is 0. The highest BCUT2D eigenvalue weighted by Crippen LogP contribution is 2.29. The van der Waals surface area contributed by atoms with Crippen molar-refractivity contribution < 1.29 is 0 Å². The quantitative estimate of drug-likeness (QED) is 0.579. The highest BCUT2D eigenvalue weighted by atomic mass is 15.5. The van der Waals surface area contributed by atoms with Gasteiger partial charge in [-0.1, -0.05) is 19.8 Å². The highest BCUT2D eigenvalue weighted by molar-refractivity contribution is 6.03. The molecule has 106 valence electrons. The lowest BCUT2D eigenvalue weighted by molar-refractivity contribution is 0.349. The Bertz CT molecular complexity index is 633. The Morgan fingerprint density at radius 2 is 2.20 bits per heavy atom. The fraction of sp³-hybridized carbons (Fsp3) is 0.538. The average Bonchev–Trinajstić information content (AvgIpc) is 2.90. The minimum Gasteiger partial charge on any atom is -0.384 e. The van der Waals surface area contributed by atoms with E-state index in [-0.39, 0.29) is 5.84 Å². The average molecular weight is 273 g/mol. The van der Waals surface area contributed by atoms with E-state index in [9.17, 15) is 0 Å². The van der Waals surface area contributed by atoms with Crippen LogP contribution in [-0.2, 0) is 0 Å². The molecule has 1 aliphatic carbocycles. The number of nitrogens with zero attached hydrogens (tertiary/aromatic N) is 4. The molecule has 0 aliphatic heterocycles. The van der Waals surface area contributed by atoms with Crippen molar-refractivity contribution in [3.8, 4) is 0 Å². The molecule has 2 atom stereocenters. The fourth-order valence-corrected chi connectivity index (χ4v) is 2.87.